The van der Waals surface area contributed by atoms with Gasteiger partial charge in [0.15, 0.2) is 0 Å². The van der Waals surface area contributed by atoms with Gasteiger partial charge in [-0.3, -0.25) is 14.6 Å². The average Bonchev–Trinajstić information content (AvgIpc) is 4.12. The van der Waals surface area contributed by atoms with E-state index >= 15 is 0 Å². The first-order valence-electron chi connectivity index (χ1n) is 20.1. The number of amides is 4. The van der Waals surface area contributed by atoms with E-state index < -0.39 is 36.5 Å². The van der Waals surface area contributed by atoms with Gasteiger partial charge in [0, 0.05) is 44.1 Å². The van der Waals surface area contributed by atoms with E-state index in [1.54, 1.807) is 37.3 Å². The van der Waals surface area contributed by atoms with Crippen molar-refractivity contribution in [3.63, 3.8) is 0 Å². The lowest BCUT2D eigenvalue weighted by Crippen LogP contribution is -2.56. The number of aromatic amines is 2. The first kappa shape index (κ1) is 41.4. The molecule has 3 aromatic heterocycles. The van der Waals surface area contributed by atoms with Gasteiger partial charge in [-0.2, -0.15) is 0 Å². The van der Waals surface area contributed by atoms with E-state index in [-0.39, 0.29) is 35.9 Å². The number of carbonyl (C=O) groups is 4. The summed E-state index contributed by atoms with van der Waals surface area (Å²) in [5, 5.41) is 5.31. The van der Waals surface area contributed by atoms with Crippen LogP contribution in [0.4, 0.5) is 9.59 Å². The molecule has 3 aliphatic rings. The summed E-state index contributed by atoms with van der Waals surface area (Å²) in [6.45, 7) is 4.02. The summed E-state index contributed by atoms with van der Waals surface area (Å²) in [4.78, 5) is 76.8. The van der Waals surface area contributed by atoms with Crippen LogP contribution in [0.3, 0.4) is 0 Å². The predicted octanol–water partition coefficient (Wildman–Crippen LogP) is 5.15. The molecule has 8 atom stereocenters. The number of methoxy groups -OCH3 is 4. The molecule has 17 heteroatoms. The molecule has 314 valence electrons. The van der Waals surface area contributed by atoms with Crippen LogP contribution in [0.2, 0.25) is 0 Å². The predicted molar refractivity (Wildman–Crippen MR) is 215 cm³/mol. The highest BCUT2D eigenvalue weighted by Crippen LogP contribution is 2.50. The number of H-pyrrole nitrogens is 2. The van der Waals surface area contributed by atoms with Gasteiger partial charge in [0.05, 0.1) is 68.0 Å². The Hall–Kier alpha value is -5.81. The van der Waals surface area contributed by atoms with Crippen LogP contribution in [0.15, 0.2) is 55.0 Å². The number of hydrogen-bond acceptors (Lipinski definition) is 11. The van der Waals surface area contributed by atoms with Crippen LogP contribution < -0.4 is 10.6 Å². The van der Waals surface area contributed by atoms with E-state index in [1.165, 1.54) is 28.4 Å². The maximum atomic E-state index is 14.0. The highest BCUT2D eigenvalue weighted by Gasteiger charge is 2.52. The minimum Gasteiger partial charge on any atom is -0.453 e. The molecular weight excluding hydrogens is 759 g/mol. The molecule has 17 nitrogen and oxygen atoms in total. The van der Waals surface area contributed by atoms with E-state index in [4.69, 9.17) is 33.9 Å². The second-order valence-corrected chi connectivity index (χ2v) is 15.4. The topological polar surface area (TPSA) is 206 Å². The summed E-state index contributed by atoms with van der Waals surface area (Å²) in [6, 6.07) is 9.67. The third kappa shape index (κ3) is 8.52. The summed E-state index contributed by atoms with van der Waals surface area (Å²) in [5.74, 6) is 1.16. The Morgan fingerprint density at radius 2 is 1.29 bits per heavy atom. The van der Waals surface area contributed by atoms with Gasteiger partial charge in [0.25, 0.3) is 0 Å². The Bertz CT molecular complexity index is 2100. The molecule has 0 spiro atoms. The van der Waals surface area contributed by atoms with Gasteiger partial charge in [-0.05, 0) is 76.0 Å². The molecule has 4 amide bonds. The second-order valence-electron chi connectivity index (χ2n) is 15.4. The standard InChI is InChI=1S/C42H53N9O8/c1-23(56-3)34(48-41(54)58-5)39(52)50-18-8-7-9-33(50)37-44-21-31(46-37)26-12-10-25(11-13-26)30-17-15-28(20-43-30)32-22-45-38(47-32)36-27-14-16-29(19-27)51(36)40(53)35(24(2)57-4)49-42(55)59-6/h10-13,15,17,20-24,27,29,33-36H,7-9,14,16,18-19H2,1-6H3,(H,44,46)(H,45,47)(H,48,54)(H,49,55). The van der Waals surface area contributed by atoms with Crippen LogP contribution in [-0.4, -0.2) is 124 Å². The number of piperidine rings is 2. The Labute approximate surface area is 343 Å². The zero-order chi connectivity index (χ0) is 41.8. The molecule has 2 bridgehead atoms. The number of benzene rings is 1. The van der Waals surface area contributed by atoms with Crippen molar-refractivity contribution >= 4 is 24.0 Å². The molecule has 4 N–H and O–H groups in total. The highest BCUT2D eigenvalue weighted by atomic mass is 16.5. The van der Waals surface area contributed by atoms with Gasteiger partial charge in [0.2, 0.25) is 11.8 Å². The Kier molecular flexibility index (Phi) is 12.6. The van der Waals surface area contributed by atoms with Crippen molar-refractivity contribution in [3.05, 3.63) is 66.6 Å². The van der Waals surface area contributed by atoms with E-state index in [0.29, 0.717) is 18.2 Å². The first-order chi connectivity index (χ1) is 28.5. The maximum Gasteiger partial charge on any atom is 0.407 e. The molecule has 0 radical (unpaired) electrons. The van der Waals surface area contributed by atoms with E-state index in [0.717, 1.165) is 72.3 Å². The number of nitrogens with zero attached hydrogens (tertiary/aromatic N) is 5. The Morgan fingerprint density at radius 3 is 1.92 bits per heavy atom. The number of nitrogens with one attached hydrogen (secondary N) is 4. The summed E-state index contributed by atoms with van der Waals surface area (Å²) >= 11 is 0. The number of carbonyl (C=O) groups excluding carboxylic acids is 4. The van der Waals surface area contributed by atoms with E-state index in [9.17, 15) is 19.2 Å². The van der Waals surface area contributed by atoms with E-state index in [1.807, 2.05) is 41.3 Å². The van der Waals surface area contributed by atoms with Gasteiger partial charge < -0.3 is 49.3 Å². The van der Waals surface area contributed by atoms with Crippen molar-refractivity contribution in [2.45, 2.75) is 94.8 Å². The van der Waals surface area contributed by atoms with Crippen LogP contribution in [-0.2, 0) is 28.5 Å². The summed E-state index contributed by atoms with van der Waals surface area (Å²) < 4.78 is 20.5. The van der Waals surface area contributed by atoms with Crippen LogP contribution in [0.5, 0.6) is 0 Å². The lowest BCUT2D eigenvalue weighted by Gasteiger charge is -2.37. The van der Waals surface area contributed by atoms with Crippen LogP contribution in [0.1, 0.15) is 76.1 Å². The van der Waals surface area contributed by atoms with Gasteiger partial charge >= 0.3 is 12.2 Å². The first-order valence-corrected chi connectivity index (χ1v) is 20.1. The number of aromatic nitrogens is 5. The smallest absolute Gasteiger partial charge is 0.407 e. The molecule has 1 aromatic carbocycles. The highest BCUT2D eigenvalue weighted by molar-refractivity contribution is 5.88. The largest absolute Gasteiger partial charge is 0.453 e. The fraction of sp³-hybridized carbons (Fsp3) is 0.500. The fourth-order valence-corrected chi connectivity index (χ4v) is 8.71. The van der Waals surface area contributed by atoms with Gasteiger partial charge in [-0.25, -0.2) is 19.6 Å². The molecule has 7 rings (SSSR count). The van der Waals surface area contributed by atoms with Crippen LogP contribution in [0, 0.1) is 5.92 Å². The molecule has 1 saturated carbocycles. The van der Waals surface area contributed by atoms with Gasteiger partial charge in [0.1, 0.15) is 23.7 Å². The summed E-state index contributed by atoms with van der Waals surface area (Å²) in [7, 11) is 5.53. The summed E-state index contributed by atoms with van der Waals surface area (Å²) in [6.07, 6.45) is 8.13. The zero-order valence-corrected chi connectivity index (χ0v) is 34.3. The quantitative estimate of drug-likeness (QED) is 0.139. The van der Waals surface area contributed by atoms with Crippen molar-refractivity contribution in [1.29, 1.82) is 0 Å². The third-order valence-corrected chi connectivity index (χ3v) is 12.1. The minimum absolute atomic E-state index is 0.0548. The van der Waals surface area contributed by atoms with Crippen molar-refractivity contribution in [2.24, 2.45) is 5.92 Å². The number of likely N-dealkylation sites (tertiary alicyclic amines) is 2. The second kappa shape index (κ2) is 18.0. The van der Waals surface area contributed by atoms with Gasteiger partial charge in [-0.1, -0.05) is 24.3 Å². The molecule has 3 fully saturated rings. The Morgan fingerprint density at radius 1 is 0.695 bits per heavy atom. The van der Waals surface area contributed by atoms with E-state index in [2.05, 4.69) is 20.6 Å². The number of alkyl carbamates (subject to hydrolysis) is 2. The SMILES string of the molecule is COC(=O)NC(C(=O)N1CCCCC1c1ncc(-c2ccc(-c3ccc(-c4cnc(C5C6CCC(C6)N5C(=O)C(NC(=O)OC)C(C)OC)[nH]4)cn3)cc2)[nH]1)C(C)OC. The molecular formula is C42H53N9O8. The average molecular weight is 812 g/mol. The number of ether oxygens (including phenoxy) is 4. The van der Waals surface area contributed by atoms with Gasteiger partial charge in [-0.15, -0.1) is 0 Å². The molecule has 2 aliphatic heterocycles. The summed E-state index contributed by atoms with van der Waals surface area (Å²) in [5.41, 5.74) is 5.11. The van der Waals surface area contributed by atoms with Crippen molar-refractivity contribution < 1.29 is 38.1 Å². The molecule has 8 unspecified atom stereocenters. The van der Waals surface area contributed by atoms with Crippen LogP contribution >= 0.6 is 0 Å². The molecule has 1 aliphatic carbocycles. The zero-order valence-electron chi connectivity index (χ0n) is 34.3. The maximum absolute atomic E-state index is 14.0. The molecule has 5 heterocycles. The minimum atomic E-state index is -0.909. The fourth-order valence-electron chi connectivity index (χ4n) is 8.71. The monoisotopic (exact) mass is 811 g/mol. The van der Waals surface area contributed by atoms with Crippen molar-refractivity contribution in [2.75, 3.05) is 35.0 Å². The number of pyridine rings is 1. The Balaban J connectivity index is 1.03. The normalized spacial score (nSPS) is 22.0. The van der Waals surface area contributed by atoms with Crippen LogP contribution in [0.25, 0.3) is 33.8 Å². The number of imidazole rings is 2. The lowest BCUT2D eigenvalue weighted by atomic mass is 9.97. The lowest BCUT2D eigenvalue weighted by molar-refractivity contribution is -0.141. The van der Waals surface area contributed by atoms with Crippen molar-refractivity contribution in [1.82, 2.24) is 45.4 Å². The molecule has 2 saturated heterocycles. The molecule has 59 heavy (non-hydrogen) atoms. The molecule has 4 aromatic rings. The number of fused-ring (bicyclic) bond motifs is 2. The number of hydrogen-bond donors (Lipinski definition) is 4. The third-order valence-electron chi connectivity index (χ3n) is 12.1. The number of rotatable bonds is 13. The van der Waals surface area contributed by atoms with Crippen molar-refractivity contribution in [3.8, 4) is 33.8 Å².